The lowest BCUT2D eigenvalue weighted by Gasteiger charge is -2.22. The van der Waals surface area contributed by atoms with E-state index in [2.05, 4.69) is 20.5 Å². The van der Waals surface area contributed by atoms with Gasteiger partial charge in [-0.05, 0) is 55.2 Å². The maximum Gasteiger partial charge on any atom is 0.253 e. The van der Waals surface area contributed by atoms with Gasteiger partial charge in [-0.1, -0.05) is 17.7 Å². The quantitative estimate of drug-likeness (QED) is 0.608. The van der Waals surface area contributed by atoms with Crippen LogP contribution in [0.1, 0.15) is 35.8 Å². The zero-order valence-corrected chi connectivity index (χ0v) is 17.8. The fourth-order valence-electron chi connectivity index (χ4n) is 3.24. The third kappa shape index (κ3) is 5.24. The molecule has 1 aliphatic carbocycles. The second-order valence-electron chi connectivity index (χ2n) is 7.57. The molecule has 2 amide bonds. The van der Waals surface area contributed by atoms with Crippen LogP contribution in [0.15, 0.2) is 54.9 Å². The molecular weight excluding hydrogens is 414 g/mol. The molecule has 1 N–H and O–H groups in total. The van der Waals surface area contributed by atoms with E-state index in [4.69, 9.17) is 11.6 Å². The Morgan fingerprint density at radius 1 is 1.19 bits per heavy atom. The molecule has 4 rings (SSSR count). The molecule has 0 radical (unpaired) electrons. The predicted molar refractivity (Wildman–Crippen MR) is 119 cm³/mol. The number of rotatable bonds is 7. The zero-order chi connectivity index (χ0) is 21.8. The lowest BCUT2D eigenvalue weighted by molar-refractivity contribution is -0.116. The number of amides is 2. The van der Waals surface area contributed by atoms with Crippen molar-refractivity contribution in [2.24, 2.45) is 5.92 Å². The molecule has 1 aromatic carbocycles. The van der Waals surface area contributed by atoms with Crippen LogP contribution >= 0.6 is 11.6 Å². The van der Waals surface area contributed by atoms with Crippen LogP contribution in [0.25, 0.3) is 11.3 Å². The van der Waals surface area contributed by atoms with Crippen molar-refractivity contribution in [2.75, 3.05) is 11.4 Å². The molecule has 1 fully saturated rings. The summed E-state index contributed by atoms with van der Waals surface area (Å²) in [6, 6.07) is 12.6. The summed E-state index contributed by atoms with van der Waals surface area (Å²) >= 11 is 6.51. The van der Waals surface area contributed by atoms with E-state index in [-0.39, 0.29) is 11.8 Å². The molecule has 1 saturated carbocycles. The van der Waals surface area contributed by atoms with Crippen LogP contribution in [0.5, 0.6) is 0 Å². The zero-order valence-electron chi connectivity index (χ0n) is 17.1. The Hall–Kier alpha value is -3.32. The molecule has 0 unspecified atom stereocenters. The molecule has 0 bridgehead atoms. The monoisotopic (exact) mass is 435 g/mol. The maximum absolute atomic E-state index is 12.3. The summed E-state index contributed by atoms with van der Waals surface area (Å²) in [5, 5.41) is 11.0. The highest BCUT2D eigenvalue weighted by Crippen LogP contribution is 2.35. The number of carbonyl (C=O) groups excluding carboxylic acids is 2. The molecule has 31 heavy (non-hydrogen) atoms. The molecular formula is C23H22ClN5O2. The number of carbonyl (C=O) groups is 2. The van der Waals surface area contributed by atoms with Crippen molar-refractivity contribution in [3.63, 3.8) is 0 Å². The first-order valence-electron chi connectivity index (χ1n) is 10.1. The van der Waals surface area contributed by atoms with E-state index in [1.165, 1.54) is 6.20 Å². The number of benzene rings is 1. The molecule has 7 nitrogen and oxygen atoms in total. The van der Waals surface area contributed by atoms with Gasteiger partial charge < -0.3 is 10.2 Å². The average molecular weight is 436 g/mol. The minimum atomic E-state index is -0.241. The third-order valence-electron chi connectivity index (χ3n) is 5.14. The van der Waals surface area contributed by atoms with Crippen molar-refractivity contribution in [3.05, 3.63) is 71.1 Å². The van der Waals surface area contributed by atoms with Gasteiger partial charge in [0.1, 0.15) is 0 Å². The summed E-state index contributed by atoms with van der Waals surface area (Å²) in [4.78, 5) is 30.6. The lowest BCUT2D eigenvalue weighted by Crippen LogP contribution is -2.30. The molecule has 2 heterocycles. The molecule has 0 atom stereocenters. The van der Waals surface area contributed by atoms with E-state index in [0.29, 0.717) is 46.7 Å². The van der Waals surface area contributed by atoms with Gasteiger partial charge in [0.15, 0.2) is 0 Å². The first-order valence-corrected chi connectivity index (χ1v) is 10.5. The van der Waals surface area contributed by atoms with Crippen LogP contribution in [0.3, 0.4) is 0 Å². The normalized spacial score (nSPS) is 13.0. The standard InChI is InChI=1S/C23H22ClN5O2/c1-15(30)29(14-16-4-5-16)22-9-7-17(11-20(22)24)21-8-6-18(12-25-21)23(31)26-13-19-3-2-10-27-28-19/h2-3,6-12,16H,4-5,13-14H2,1H3,(H,26,31). The van der Waals surface area contributed by atoms with Crippen LogP contribution in [-0.4, -0.2) is 33.5 Å². The van der Waals surface area contributed by atoms with Gasteiger partial charge in [-0.25, -0.2) is 0 Å². The SMILES string of the molecule is CC(=O)N(CC1CC1)c1ccc(-c2ccc(C(=O)NCc3cccnn3)cn2)cc1Cl. The fraction of sp³-hybridized carbons (Fsp3) is 0.261. The summed E-state index contributed by atoms with van der Waals surface area (Å²) in [7, 11) is 0. The Balaban J connectivity index is 1.45. The average Bonchev–Trinajstić information content (AvgIpc) is 3.61. The predicted octanol–water partition coefficient (Wildman–Crippen LogP) is 3.88. The van der Waals surface area contributed by atoms with Gasteiger partial charge in [0.2, 0.25) is 5.91 Å². The first-order chi connectivity index (χ1) is 15.0. The van der Waals surface area contributed by atoms with E-state index >= 15 is 0 Å². The summed E-state index contributed by atoms with van der Waals surface area (Å²) in [5.41, 5.74) is 3.34. The number of aromatic nitrogens is 3. The Labute approximate surface area is 185 Å². The minimum Gasteiger partial charge on any atom is -0.346 e. The van der Waals surface area contributed by atoms with Crippen molar-refractivity contribution < 1.29 is 9.59 Å². The number of hydrogen-bond acceptors (Lipinski definition) is 5. The van der Waals surface area contributed by atoms with Crippen molar-refractivity contribution in [1.29, 1.82) is 0 Å². The van der Waals surface area contributed by atoms with Crippen molar-refractivity contribution >= 4 is 29.1 Å². The van der Waals surface area contributed by atoms with Gasteiger partial charge in [-0.2, -0.15) is 10.2 Å². The Bertz CT molecular complexity index is 1080. The number of pyridine rings is 1. The maximum atomic E-state index is 12.3. The number of hydrogen-bond donors (Lipinski definition) is 1. The largest absolute Gasteiger partial charge is 0.346 e. The Kier molecular flexibility index (Phi) is 6.23. The van der Waals surface area contributed by atoms with Crippen molar-refractivity contribution in [3.8, 4) is 11.3 Å². The van der Waals surface area contributed by atoms with Crippen LogP contribution < -0.4 is 10.2 Å². The second-order valence-corrected chi connectivity index (χ2v) is 7.98. The van der Waals surface area contributed by atoms with E-state index < -0.39 is 0 Å². The van der Waals surface area contributed by atoms with Gasteiger partial charge in [-0.3, -0.25) is 14.6 Å². The summed E-state index contributed by atoms with van der Waals surface area (Å²) in [6.45, 7) is 2.55. The van der Waals surface area contributed by atoms with E-state index in [1.54, 1.807) is 48.4 Å². The van der Waals surface area contributed by atoms with Crippen LogP contribution in [0, 0.1) is 5.92 Å². The molecule has 2 aromatic heterocycles. The van der Waals surface area contributed by atoms with Gasteiger partial charge in [-0.15, -0.1) is 0 Å². The molecule has 0 spiro atoms. The highest BCUT2D eigenvalue weighted by Gasteiger charge is 2.27. The van der Waals surface area contributed by atoms with Gasteiger partial charge in [0.05, 0.1) is 34.2 Å². The lowest BCUT2D eigenvalue weighted by atomic mass is 10.1. The van der Waals surface area contributed by atoms with Crippen molar-refractivity contribution in [2.45, 2.75) is 26.3 Å². The highest BCUT2D eigenvalue weighted by molar-refractivity contribution is 6.34. The molecule has 1 aliphatic rings. The summed E-state index contributed by atoms with van der Waals surface area (Å²) in [5.74, 6) is 0.306. The van der Waals surface area contributed by atoms with Gasteiger partial charge in [0, 0.05) is 31.4 Å². The number of halogens is 1. The van der Waals surface area contributed by atoms with Crippen molar-refractivity contribution in [1.82, 2.24) is 20.5 Å². The van der Waals surface area contributed by atoms with E-state index in [1.807, 2.05) is 12.1 Å². The first kappa shape index (κ1) is 20.9. The van der Waals surface area contributed by atoms with Crippen LogP contribution in [0.2, 0.25) is 5.02 Å². The smallest absolute Gasteiger partial charge is 0.253 e. The molecule has 158 valence electrons. The number of nitrogens with zero attached hydrogens (tertiary/aromatic N) is 4. The molecule has 8 heteroatoms. The van der Waals surface area contributed by atoms with Gasteiger partial charge >= 0.3 is 0 Å². The molecule has 3 aromatic rings. The fourth-order valence-corrected chi connectivity index (χ4v) is 3.52. The summed E-state index contributed by atoms with van der Waals surface area (Å²) < 4.78 is 0. The highest BCUT2D eigenvalue weighted by atomic mass is 35.5. The van der Waals surface area contributed by atoms with E-state index in [0.717, 1.165) is 18.4 Å². The molecule has 0 aliphatic heterocycles. The summed E-state index contributed by atoms with van der Waals surface area (Å²) in [6.07, 6.45) is 5.42. The van der Waals surface area contributed by atoms with Gasteiger partial charge in [0.25, 0.3) is 5.91 Å². The Morgan fingerprint density at radius 2 is 2.03 bits per heavy atom. The number of nitrogens with one attached hydrogen (secondary N) is 1. The number of anilines is 1. The topological polar surface area (TPSA) is 88.1 Å². The van der Waals surface area contributed by atoms with Crippen LogP contribution in [-0.2, 0) is 11.3 Å². The third-order valence-corrected chi connectivity index (χ3v) is 5.44. The minimum absolute atomic E-state index is 0.0171. The second kappa shape index (κ2) is 9.22. The Morgan fingerprint density at radius 3 is 2.65 bits per heavy atom. The van der Waals surface area contributed by atoms with E-state index in [9.17, 15) is 9.59 Å². The molecule has 0 saturated heterocycles. The van der Waals surface area contributed by atoms with Crippen LogP contribution in [0.4, 0.5) is 5.69 Å².